The molecule has 0 spiro atoms. The third-order valence-electron chi connectivity index (χ3n) is 2.76. The molecule has 1 atom stereocenters. The monoisotopic (exact) mass is 257 g/mol. The molecule has 19 heavy (non-hydrogen) atoms. The first-order valence-electron chi connectivity index (χ1n) is 5.92. The van der Waals surface area contributed by atoms with Crippen molar-refractivity contribution in [2.75, 3.05) is 5.73 Å². The Balaban J connectivity index is 2.28. The van der Waals surface area contributed by atoms with Gasteiger partial charge in [-0.1, -0.05) is 12.1 Å². The topological polar surface area (TPSA) is 78.1 Å². The summed E-state index contributed by atoms with van der Waals surface area (Å²) in [5.74, 6) is 0.862. The number of nitrogen functional groups attached to an aromatic ring is 1. The van der Waals surface area contributed by atoms with Gasteiger partial charge in [0.25, 0.3) is 0 Å². The quantitative estimate of drug-likeness (QED) is 0.850. The van der Waals surface area contributed by atoms with Gasteiger partial charge in [0, 0.05) is 5.56 Å². The minimum absolute atomic E-state index is 0.310. The molecule has 0 aliphatic rings. The largest absolute Gasteiger partial charge is 0.485 e. The average Bonchev–Trinajstić information content (AvgIpc) is 2.42. The second-order valence-corrected chi connectivity index (χ2v) is 4.24. The SMILES string of the molecule is Cc1cc(C(C)Oc2ccccc2C=O)c(N)nn1. The zero-order valence-corrected chi connectivity index (χ0v) is 10.8. The van der Waals surface area contributed by atoms with E-state index >= 15 is 0 Å². The molecule has 0 amide bonds. The number of para-hydroxylation sites is 1. The molecule has 0 aliphatic carbocycles. The Hall–Kier alpha value is -2.43. The summed E-state index contributed by atoms with van der Waals surface area (Å²) in [7, 11) is 0. The molecular formula is C14H15N3O2. The van der Waals surface area contributed by atoms with Crippen LogP contribution in [0.2, 0.25) is 0 Å². The minimum Gasteiger partial charge on any atom is -0.485 e. The van der Waals surface area contributed by atoms with E-state index in [1.54, 1.807) is 18.2 Å². The zero-order valence-electron chi connectivity index (χ0n) is 10.8. The summed E-state index contributed by atoms with van der Waals surface area (Å²) in [6.07, 6.45) is 0.455. The molecule has 98 valence electrons. The molecular weight excluding hydrogens is 242 g/mol. The lowest BCUT2D eigenvalue weighted by Gasteiger charge is -2.17. The van der Waals surface area contributed by atoms with E-state index in [-0.39, 0.29) is 6.10 Å². The summed E-state index contributed by atoms with van der Waals surface area (Å²) in [5, 5.41) is 7.74. The van der Waals surface area contributed by atoms with Crippen LogP contribution in [0.25, 0.3) is 0 Å². The van der Waals surface area contributed by atoms with Crippen molar-refractivity contribution in [1.29, 1.82) is 0 Å². The Morgan fingerprint density at radius 2 is 2.05 bits per heavy atom. The van der Waals surface area contributed by atoms with Gasteiger partial charge in [0.15, 0.2) is 12.1 Å². The number of hydrogen-bond acceptors (Lipinski definition) is 5. The molecule has 0 radical (unpaired) electrons. The zero-order chi connectivity index (χ0) is 13.8. The number of nitrogens with two attached hydrogens (primary N) is 1. The van der Waals surface area contributed by atoms with E-state index < -0.39 is 0 Å². The number of aromatic nitrogens is 2. The van der Waals surface area contributed by atoms with E-state index in [4.69, 9.17) is 10.5 Å². The first kappa shape index (κ1) is 13.0. The van der Waals surface area contributed by atoms with E-state index in [0.29, 0.717) is 17.1 Å². The first-order valence-corrected chi connectivity index (χ1v) is 5.92. The van der Waals surface area contributed by atoms with Gasteiger partial charge in [-0.05, 0) is 32.0 Å². The number of nitrogens with zero attached hydrogens (tertiary/aromatic N) is 2. The second-order valence-electron chi connectivity index (χ2n) is 4.24. The fraction of sp³-hybridized carbons (Fsp3) is 0.214. The van der Waals surface area contributed by atoms with Gasteiger partial charge in [-0.3, -0.25) is 4.79 Å². The van der Waals surface area contributed by atoms with Gasteiger partial charge in [-0.2, -0.15) is 5.10 Å². The van der Waals surface area contributed by atoms with Crippen LogP contribution in [-0.4, -0.2) is 16.5 Å². The predicted octanol–water partition coefficient (Wildman–Crippen LogP) is 2.32. The fourth-order valence-corrected chi connectivity index (χ4v) is 1.78. The highest BCUT2D eigenvalue weighted by molar-refractivity contribution is 5.79. The Kier molecular flexibility index (Phi) is 3.75. The van der Waals surface area contributed by atoms with Crippen molar-refractivity contribution in [3.63, 3.8) is 0 Å². The number of aldehydes is 1. The fourth-order valence-electron chi connectivity index (χ4n) is 1.78. The van der Waals surface area contributed by atoms with E-state index in [1.165, 1.54) is 0 Å². The molecule has 0 bridgehead atoms. The molecule has 2 aromatic rings. The normalized spacial score (nSPS) is 11.9. The third-order valence-corrected chi connectivity index (χ3v) is 2.76. The van der Waals surface area contributed by atoms with E-state index in [1.807, 2.05) is 26.0 Å². The molecule has 1 heterocycles. The summed E-state index contributed by atoms with van der Waals surface area (Å²) in [6, 6.07) is 8.88. The maximum atomic E-state index is 10.9. The van der Waals surface area contributed by atoms with Crippen molar-refractivity contribution in [2.24, 2.45) is 0 Å². The number of rotatable bonds is 4. The highest BCUT2D eigenvalue weighted by Crippen LogP contribution is 2.26. The summed E-state index contributed by atoms with van der Waals surface area (Å²) >= 11 is 0. The lowest BCUT2D eigenvalue weighted by Crippen LogP contribution is -2.10. The Labute approximate surface area is 111 Å². The van der Waals surface area contributed by atoms with Crippen LogP contribution in [0.1, 0.15) is 34.6 Å². The lowest BCUT2D eigenvalue weighted by molar-refractivity contribution is 0.111. The van der Waals surface area contributed by atoms with Crippen LogP contribution >= 0.6 is 0 Å². The van der Waals surface area contributed by atoms with Crippen LogP contribution < -0.4 is 10.5 Å². The van der Waals surface area contributed by atoms with Gasteiger partial charge in [0.1, 0.15) is 11.9 Å². The van der Waals surface area contributed by atoms with Gasteiger partial charge < -0.3 is 10.5 Å². The maximum absolute atomic E-state index is 10.9. The summed E-state index contributed by atoms with van der Waals surface area (Å²) in [4.78, 5) is 10.9. The van der Waals surface area contributed by atoms with Crippen molar-refractivity contribution in [1.82, 2.24) is 10.2 Å². The van der Waals surface area contributed by atoms with Crippen molar-refractivity contribution in [3.8, 4) is 5.75 Å². The molecule has 2 rings (SSSR count). The van der Waals surface area contributed by atoms with Crippen LogP contribution in [0.15, 0.2) is 30.3 Å². The lowest BCUT2D eigenvalue weighted by atomic mass is 10.1. The van der Waals surface area contributed by atoms with Crippen molar-refractivity contribution >= 4 is 12.1 Å². The van der Waals surface area contributed by atoms with Crippen molar-refractivity contribution in [2.45, 2.75) is 20.0 Å². The van der Waals surface area contributed by atoms with Gasteiger partial charge >= 0.3 is 0 Å². The number of carbonyl (C=O) groups excluding carboxylic acids is 1. The molecule has 2 N–H and O–H groups in total. The van der Waals surface area contributed by atoms with E-state index in [2.05, 4.69) is 10.2 Å². The molecule has 1 aromatic carbocycles. The van der Waals surface area contributed by atoms with Crippen LogP contribution in [0, 0.1) is 6.92 Å². The van der Waals surface area contributed by atoms with Crippen molar-refractivity contribution in [3.05, 3.63) is 47.2 Å². The first-order chi connectivity index (χ1) is 9.11. The van der Waals surface area contributed by atoms with E-state index in [9.17, 15) is 4.79 Å². The Morgan fingerprint density at radius 3 is 2.79 bits per heavy atom. The van der Waals surface area contributed by atoms with Crippen LogP contribution in [-0.2, 0) is 0 Å². The minimum atomic E-state index is -0.310. The predicted molar refractivity (Wildman–Crippen MR) is 72.1 cm³/mol. The smallest absolute Gasteiger partial charge is 0.153 e. The molecule has 5 heteroatoms. The average molecular weight is 257 g/mol. The number of hydrogen-bond donors (Lipinski definition) is 1. The van der Waals surface area contributed by atoms with Gasteiger partial charge in [-0.25, -0.2) is 0 Å². The molecule has 5 nitrogen and oxygen atoms in total. The molecule has 0 saturated carbocycles. The highest BCUT2D eigenvalue weighted by Gasteiger charge is 2.14. The van der Waals surface area contributed by atoms with E-state index in [0.717, 1.165) is 17.5 Å². The summed E-state index contributed by atoms with van der Waals surface area (Å²) < 4.78 is 5.78. The standard InChI is InChI=1S/C14H15N3O2/c1-9-7-12(14(15)17-16-9)10(2)19-13-6-4-3-5-11(13)8-18/h3-8,10H,1-2H3,(H2,15,17). The number of ether oxygens (including phenoxy) is 1. The number of aryl methyl sites for hydroxylation is 1. The molecule has 1 aromatic heterocycles. The van der Waals surface area contributed by atoms with Gasteiger partial charge in [0.05, 0.1) is 11.3 Å². The summed E-state index contributed by atoms with van der Waals surface area (Å²) in [6.45, 7) is 3.69. The number of anilines is 1. The van der Waals surface area contributed by atoms with Crippen LogP contribution in [0.4, 0.5) is 5.82 Å². The van der Waals surface area contributed by atoms with Crippen molar-refractivity contribution < 1.29 is 9.53 Å². The molecule has 0 aliphatic heterocycles. The number of benzene rings is 1. The second kappa shape index (κ2) is 5.48. The third kappa shape index (κ3) is 2.88. The van der Waals surface area contributed by atoms with Crippen LogP contribution in [0.3, 0.4) is 0 Å². The molecule has 1 unspecified atom stereocenters. The van der Waals surface area contributed by atoms with Crippen LogP contribution in [0.5, 0.6) is 5.75 Å². The van der Waals surface area contributed by atoms with Gasteiger partial charge in [-0.15, -0.1) is 5.10 Å². The maximum Gasteiger partial charge on any atom is 0.153 e. The summed E-state index contributed by atoms with van der Waals surface area (Å²) in [5.41, 5.74) is 7.82. The molecule has 0 saturated heterocycles. The molecule has 0 fully saturated rings. The van der Waals surface area contributed by atoms with Gasteiger partial charge in [0.2, 0.25) is 0 Å². The Morgan fingerprint density at radius 1 is 1.32 bits per heavy atom. The Bertz CT molecular complexity index is 599. The number of carbonyl (C=O) groups is 1. The highest BCUT2D eigenvalue weighted by atomic mass is 16.5.